The molecular weight excluding hydrogens is 585 g/mol. The zero-order chi connectivity index (χ0) is 27.6. The van der Waals surface area contributed by atoms with E-state index in [1.54, 1.807) is 111 Å². The highest BCUT2D eigenvalue weighted by Gasteiger charge is 2.54. The number of nitrogens with one attached hydrogen (secondary N) is 1. The van der Waals surface area contributed by atoms with E-state index < -0.39 is 22.9 Å². The van der Waals surface area contributed by atoms with Crippen LogP contribution in [0.1, 0.15) is 29.2 Å². The molecule has 0 radical (unpaired) electrons. The van der Waals surface area contributed by atoms with Crippen LogP contribution >= 0.6 is 23.5 Å². The molecule has 1 atom stereocenters. The maximum Gasteiger partial charge on any atom is 0.455 e. The molecule has 0 amide bonds. The summed E-state index contributed by atoms with van der Waals surface area (Å²) in [5.41, 5.74) is 2.51. The van der Waals surface area contributed by atoms with E-state index in [2.05, 4.69) is 20.7 Å². The van der Waals surface area contributed by atoms with E-state index in [1.807, 2.05) is 6.92 Å². The van der Waals surface area contributed by atoms with Crippen molar-refractivity contribution in [2.45, 2.75) is 37.9 Å². The number of sulfonamides is 1. The first kappa shape index (κ1) is 28.1. The molecule has 1 unspecified atom stereocenters. The lowest BCUT2D eigenvalue weighted by molar-refractivity contribution is 0.337. The molecule has 0 spiro atoms. The molecule has 4 aromatic carbocycles. The molecule has 0 aliphatic carbocycles. The highest BCUT2D eigenvalue weighted by atomic mass is 79.9. The van der Waals surface area contributed by atoms with Gasteiger partial charge in [-0.2, -0.15) is 4.72 Å². The Bertz CT molecular complexity index is 1510. The van der Waals surface area contributed by atoms with Crippen molar-refractivity contribution in [1.29, 1.82) is 0 Å². The molecule has 4 aromatic rings. The maximum absolute atomic E-state index is 15.0. The summed E-state index contributed by atoms with van der Waals surface area (Å²) in [6.45, 7) is 6.92. The minimum Gasteiger partial charge on any atom is -0.415 e. The Morgan fingerprint density at radius 2 is 1.21 bits per heavy atom. The summed E-state index contributed by atoms with van der Waals surface area (Å²) in [5, 5.41) is -1.83. The zero-order valence-corrected chi connectivity index (χ0v) is 24.8. The SMILES string of the molecule is Cc1cc(C)c(S(=O)(=O)NC(C)(c2ccc(Br)cc2)P(=O)(Oc2ccccc2)Oc2ccccc2)c(C)c1. The standard InChI is InChI=1S/C29H29BrNO5PS/c1-21-19-22(2)28(23(3)20-21)38(33,34)31-29(4,24-15-17-25(30)18-16-24)37(32,35-26-11-7-5-8-12-26)36-27-13-9-6-10-14-27/h5-20,31H,1-4H3. The Labute approximate surface area is 232 Å². The van der Waals surface area contributed by atoms with Crippen molar-refractivity contribution in [1.82, 2.24) is 4.72 Å². The minimum atomic E-state index is -4.38. The third-order valence-corrected chi connectivity index (χ3v) is 11.0. The molecule has 0 bridgehead atoms. The van der Waals surface area contributed by atoms with E-state index in [0.29, 0.717) is 16.7 Å². The molecule has 9 heteroatoms. The highest BCUT2D eigenvalue weighted by molar-refractivity contribution is 9.10. The zero-order valence-electron chi connectivity index (χ0n) is 21.5. The molecule has 0 aromatic heterocycles. The van der Waals surface area contributed by atoms with E-state index in [4.69, 9.17) is 9.05 Å². The highest BCUT2D eigenvalue weighted by Crippen LogP contribution is 2.63. The summed E-state index contributed by atoms with van der Waals surface area (Å²) in [5.74, 6) is 0.550. The fraction of sp³-hybridized carbons (Fsp3) is 0.172. The van der Waals surface area contributed by atoms with Gasteiger partial charge in [-0.25, -0.2) is 13.0 Å². The van der Waals surface area contributed by atoms with Crippen molar-refractivity contribution in [3.8, 4) is 11.5 Å². The monoisotopic (exact) mass is 613 g/mol. The Balaban J connectivity index is 1.94. The fourth-order valence-electron chi connectivity index (χ4n) is 4.39. The van der Waals surface area contributed by atoms with Crippen molar-refractivity contribution in [3.63, 3.8) is 0 Å². The fourth-order valence-corrected chi connectivity index (χ4v) is 8.84. The molecular formula is C29H29BrNO5PS. The molecule has 0 heterocycles. The second-order valence-electron chi connectivity index (χ2n) is 9.22. The van der Waals surface area contributed by atoms with Crippen LogP contribution in [0.3, 0.4) is 0 Å². The van der Waals surface area contributed by atoms with Gasteiger partial charge in [0.05, 0.1) is 4.90 Å². The minimum absolute atomic E-state index is 0.123. The number of para-hydroxylation sites is 2. The van der Waals surface area contributed by atoms with Crippen molar-refractivity contribution in [2.24, 2.45) is 0 Å². The Kier molecular flexibility index (Phi) is 8.19. The van der Waals surface area contributed by atoms with E-state index in [9.17, 15) is 8.42 Å². The summed E-state index contributed by atoms with van der Waals surface area (Å²) in [6, 6.07) is 27.6. The van der Waals surface area contributed by atoms with E-state index in [-0.39, 0.29) is 16.4 Å². The molecule has 0 saturated heterocycles. The van der Waals surface area contributed by atoms with Crippen LogP contribution in [0.25, 0.3) is 0 Å². The molecule has 6 nitrogen and oxygen atoms in total. The van der Waals surface area contributed by atoms with Crippen LogP contribution in [0.4, 0.5) is 0 Å². The molecule has 0 aliphatic rings. The maximum atomic E-state index is 15.0. The average Bonchev–Trinajstić information content (AvgIpc) is 2.84. The number of halogens is 1. The van der Waals surface area contributed by atoms with Gasteiger partial charge in [0.2, 0.25) is 10.0 Å². The summed E-state index contributed by atoms with van der Waals surface area (Å²) in [6.07, 6.45) is 0. The van der Waals surface area contributed by atoms with Crippen molar-refractivity contribution in [3.05, 3.63) is 124 Å². The van der Waals surface area contributed by atoms with Gasteiger partial charge in [0.25, 0.3) is 0 Å². The largest absolute Gasteiger partial charge is 0.455 e. The summed E-state index contributed by atoms with van der Waals surface area (Å²) < 4.78 is 58.8. The first-order valence-corrected chi connectivity index (χ1v) is 15.7. The number of rotatable bonds is 9. The summed E-state index contributed by atoms with van der Waals surface area (Å²) in [4.78, 5) is 0.123. The topological polar surface area (TPSA) is 81.7 Å². The van der Waals surface area contributed by atoms with Gasteiger partial charge in [0.1, 0.15) is 11.5 Å². The average molecular weight is 614 g/mol. The van der Waals surface area contributed by atoms with Gasteiger partial charge in [-0.3, -0.25) is 0 Å². The van der Waals surface area contributed by atoms with Crippen LogP contribution in [0.2, 0.25) is 0 Å². The Hall–Kier alpha value is -2.90. The van der Waals surface area contributed by atoms with Crippen molar-refractivity contribution >= 4 is 33.5 Å². The predicted octanol–water partition coefficient (Wildman–Crippen LogP) is 7.88. The van der Waals surface area contributed by atoms with Crippen LogP contribution < -0.4 is 13.8 Å². The molecule has 0 fully saturated rings. The molecule has 1 N–H and O–H groups in total. The summed E-state index contributed by atoms with van der Waals surface area (Å²) >= 11 is 3.42. The van der Waals surface area contributed by atoms with Crippen molar-refractivity contribution < 1.29 is 22.0 Å². The van der Waals surface area contributed by atoms with Crippen LogP contribution in [0.5, 0.6) is 11.5 Å². The van der Waals surface area contributed by atoms with Gasteiger partial charge in [0.15, 0.2) is 5.28 Å². The van der Waals surface area contributed by atoms with Gasteiger partial charge >= 0.3 is 7.60 Å². The van der Waals surface area contributed by atoms with Gasteiger partial charge in [-0.15, -0.1) is 0 Å². The lowest BCUT2D eigenvalue weighted by atomic mass is 10.1. The quantitative estimate of drug-likeness (QED) is 0.194. The molecule has 198 valence electrons. The van der Waals surface area contributed by atoms with Crippen LogP contribution in [0, 0.1) is 20.8 Å². The molecule has 0 saturated carbocycles. The third-order valence-electron chi connectivity index (χ3n) is 6.10. The molecule has 0 aliphatic heterocycles. The van der Waals surface area contributed by atoms with Crippen LogP contribution in [-0.2, 0) is 19.9 Å². The van der Waals surface area contributed by atoms with Crippen molar-refractivity contribution in [2.75, 3.05) is 0 Å². The Morgan fingerprint density at radius 3 is 1.66 bits per heavy atom. The number of hydrogen-bond acceptors (Lipinski definition) is 5. The first-order chi connectivity index (χ1) is 17.9. The third kappa shape index (κ3) is 5.89. The second kappa shape index (κ2) is 11.1. The van der Waals surface area contributed by atoms with Crippen LogP contribution in [-0.4, -0.2) is 8.42 Å². The normalized spacial score (nSPS) is 13.5. The smallest absolute Gasteiger partial charge is 0.415 e. The van der Waals surface area contributed by atoms with Gasteiger partial charge in [0, 0.05) is 4.47 Å². The van der Waals surface area contributed by atoms with E-state index in [1.165, 1.54) is 6.92 Å². The number of benzene rings is 4. The first-order valence-electron chi connectivity index (χ1n) is 11.9. The predicted molar refractivity (Wildman–Crippen MR) is 154 cm³/mol. The van der Waals surface area contributed by atoms with E-state index in [0.717, 1.165) is 10.0 Å². The second-order valence-corrected chi connectivity index (χ2v) is 14.0. The molecule has 4 rings (SSSR count). The van der Waals surface area contributed by atoms with Gasteiger partial charge in [-0.05, 0) is 80.8 Å². The number of aryl methyl sites for hydroxylation is 3. The Morgan fingerprint density at radius 1 is 0.763 bits per heavy atom. The van der Waals surface area contributed by atoms with Gasteiger partial charge in [-0.1, -0.05) is 82.2 Å². The molecule has 38 heavy (non-hydrogen) atoms. The summed E-state index contributed by atoms with van der Waals surface area (Å²) in [7, 11) is -8.60. The van der Waals surface area contributed by atoms with E-state index >= 15 is 4.57 Å². The van der Waals surface area contributed by atoms with Crippen LogP contribution in [0.15, 0.2) is 106 Å². The lowest BCUT2D eigenvalue weighted by Crippen LogP contribution is -2.45. The lowest BCUT2D eigenvalue weighted by Gasteiger charge is -2.37. The van der Waals surface area contributed by atoms with Gasteiger partial charge < -0.3 is 9.05 Å². The number of hydrogen-bond donors (Lipinski definition) is 1.